The summed E-state index contributed by atoms with van der Waals surface area (Å²) < 4.78 is 40.9. The first-order valence-corrected chi connectivity index (χ1v) is 10.4. The Hall–Kier alpha value is -3.14. The Balaban J connectivity index is 1.85. The summed E-state index contributed by atoms with van der Waals surface area (Å²) in [4.78, 5) is 4.75. The van der Waals surface area contributed by atoms with Crippen LogP contribution in [-0.4, -0.2) is 11.2 Å². The summed E-state index contributed by atoms with van der Waals surface area (Å²) in [5.41, 5.74) is 0.866. The number of aromatic nitrogens is 1. The predicted molar refractivity (Wildman–Crippen MR) is 123 cm³/mol. The number of alkyl halides is 3. The Kier molecular flexibility index (Phi) is 4.27. The topological polar surface area (TPSA) is 12.9 Å². The molecule has 5 aromatic rings. The molecule has 1 heterocycles. The van der Waals surface area contributed by atoms with Gasteiger partial charge in [-0.25, -0.2) is 0 Å². The van der Waals surface area contributed by atoms with E-state index in [1.807, 2.05) is 36.4 Å². The average molecular weight is 417 g/mol. The van der Waals surface area contributed by atoms with Crippen LogP contribution in [0.3, 0.4) is 0 Å². The van der Waals surface area contributed by atoms with Gasteiger partial charge in [0.1, 0.15) is 0 Å². The Morgan fingerprint density at radius 1 is 0.774 bits per heavy atom. The lowest BCUT2D eigenvalue weighted by molar-refractivity contribution is -0.210. The second-order valence-corrected chi connectivity index (χ2v) is 8.99. The van der Waals surface area contributed by atoms with E-state index in [0.29, 0.717) is 5.56 Å². The molecule has 4 aromatic carbocycles. The lowest BCUT2D eigenvalue weighted by atomic mass is 9.83. The van der Waals surface area contributed by atoms with Gasteiger partial charge in [0, 0.05) is 22.4 Å². The number of hydrogen-bond acceptors (Lipinski definition) is 1. The molecule has 0 aliphatic rings. The van der Waals surface area contributed by atoms with Crippen LogP contribution < -0.4 is 0 Å². The smallest absolute Gasteiger partial charge is 0.255 e. The summed E-state index contributed by atoms with van der Waals surface area (Å²) in [5, 5.41) is 7.11. The highest BCUT2D eigenvalue weighted by atomic mass is 19.4. The second kappa shape index (κ2) is 6.68. The van der Waals surface area contributed by atoms with E-state index in [2.05, 4.69) is 31.2 Å². The van der Waals surface area contributed by atoms with E-state index in [0.717, 1.165) is 43.4 Å². The number of nitrogens with zero attached hydrogens (tertiary/aromatic N) is 1. The fourth-order valence-corrected chi connectivity index (χ4v) is 4.60. The maximum atomic E-state index is 13.6. The van der Waals surface area contributed by atoms with E-state index in [1.165, 1.54) is 19.2 Å². The number of rotatable bonds is 2. The minimum absolute atomic E-state index is 0.0816. The molecule has 1 aromatic heterocycles. The van der Waals surface area contributed by atoms with Gasteiger partial charge in [-0.15, -0.1) is 0 Å². The summed E-state index contributed by atoms with van der Waals surface area (Å²) in [6.07, 6.45) is -2.58. The SMILES string of the molecule is Cc1cc2c(ccc3c2ncc2cccc(CC(C)(C)C(F)(F)F)c23)c2ccccc12. The Morgan fingerprint density at radius 3 is 2.19 bits per heavy atom. The van der Waals surface area contributed by atoms with Gasteiger partial charge in [-0.1, -0.05) is 68.4 Å². The standard InChI is InChI=1S/C27H22F3N/c1-16-13-23-21(20-10-5-4-9-19(16)20)11-12-22-24-17(14-26(2,3)27(28,29)30)7-6-8-18(24)15-31-25(22)23/h4-13,15H,14H2,1-3H3. The normalized spacial score (nSPS) is 13.0. The molecule has 0 bridgehead atoms. The second-order valence-electron chi connectivity index (χ2n) is 8.99. The van der Waals surface area contributed by atoms with E-state index >= 15 is 0 Å². The molecule has 0 fully saturated rings. The van der Waals surface area contributed by atoms with Crippen molar-refractivity contribution in [1.29, 1.82) is 0 Å². The fourth-order valence-electron chi connectivity index (χ4n) is 4.60. The molecule has 156 valence electrons. The number of benzene rings is 4. The first kappa shape index (κ1) is 19.8. The third-order valence-electron chi connectivity index (χ3n) is 6.40. The van der Waals surface area contributed by atoms with Crippen molar-refractivity contribution in [1.82, 2.24) is 4.98 Å². The van der Waals surface area contributed by atoms with E-state index in [9.17, 15) is 13.2 Å². The largest absolute Gasteiger partial charge is 0.394 e. The third-order valence-corrected chi connectivity index (χ3v) is 6.40. The summed E-state index contributed by atoms with van der Waals surface area (Å²) in [7, 11) is 0. The highest BCUT2D eigenvalue weighted by Crippen LogP contribution is 2.42. The van der Waals surface area contributed by atoms with Crippen molar-refractivity contribution in [3.8, 4) is 0 Å². The lowest BCUT2D eigenvalue weighted by Gasteiger charge is -2.28. The van der Waals surface area contributed by atoms with Gasteiger partial charge in [-0.05, 0) is 52.1 Å². The lowest BCUT2D eigenvalue weighted by Crippen LogP contribution is -2.34. The van der Waals surface area contributed by atoms with Crippen molar-refractivity contribution < 1.29 is 13.2 Å². The molecule has 4 heteroatoms. The van der Waals surface area contributed by atoms with Crippen LogP contribution in [0.5, 0.6) is 0 Å². The van der Waals surface area contributed by atoms with Gasteiger partial charge in [0.05, 0.1) is 10.9 Å². The van der Waals surface area contributed by atoms with E-state index in [4.69, 9.17) is 4.98 Å². The summed E-state index contributed by atoms with van der Waals surface area (Å²) in [5.74, 6) is 0. The van der Waals surface area contributed by atoms with Gasteiger partial charge >= 0.3 is 6.18 Å². The predicted octanol–water partition coefficient (Wildman–Crippen LogP) is 8.13. The van der Waals surface area contributed by atoms with Gasteiger partial charge in [0.15, 0.2) is 0 Å². The molecule has 0 N–H and O–H groups in total. The van der Waals surface area contributed by atoms with Crippen molar-refractivity contribution >= 4 is 43.2 Å². The molecule has 0 radical (unpaired) electrons. The van der Waals surface area contributed by atoms with Crippen molar-refractivity contribution in [3.63, 3.8) is 0 Å². The van der Waals surface area contributed by atoms with Gasteiger partial charge in [0.25, 0.3) is 0 Å². The molecule has 0 saturated heterocycles. The van der Waals surface area contributed by atoms with Crippen LogP contribution in [0, 0.1) is 12.3 Å². The first-order chi connectivity index (χ1) is 14.7. The molecule has 0 atom stereocenters. The molecule has 5 rings (SSSR count). The quantitative estimate of drug-likeness (QED) is 0.264. The molecule has 0 spiro atoms. The summed E-state index contributed by atoms with van der Waals surface area (Å²) in [6.45, 7) is 4.61. The van der Waals surface area contributed by atoms with Crippen molar-refractivity contribution in [2.75, 3.05) is 0 Å². The molecule has 0 aliphatic carbocycles. The van der Waals surface area contributed by atoms with E-state index in [1.54, 1.807) is 6.20 Å². The molecule has 0 unspecified atom stereocenters. The summed E-state index contributed by atoms with van der Waals surface area (Å²) in [6, 6.07) is 20.0. The van der Waals surface area contributed by atoms with Gasteiger partial charge < -0.3 is 0 Å². The zero-order chi connectivity index (χ0) is 22.0. The highest BCUT2D eigenvalue weighted by Gasteiger charge is 2.47. The van der Waals surface area contributed by atoms with Crippen LogP contribution in [0.2, 0.25) is 0 Å². The number of pyridine rings is 1. The maximum absolute atomic E-state index is 13.6. The minimum Gasteiger partial charge on any atom is -0.255 e. The van der Waals surface area contributed by atoms with Gasteiger partial charge in [-0.2, -0.15) is 13.2 Å². The van der Waals surface area contributed by atoms with Crippen LogP contribution in [0.25, 0.3) is 43.2 Å². The Bertz CT molecular complexity index is 1480. The number of aryl methyl sites for hydroxylation is 1. The average Bonchev–Trinajstić information content (AvgIpc) is 2.72. The van der Waals surface area contributed by atoms with Gasteiger partial charge in [0.2, 0.25) is 0 Å². The third kappa shape index (κ3) is 3.04. The fraction of sp³-hybridized carbons (Fsp3) is 0.222. The van der Waals surface area contributed by atoms with Crippen molar-refractivity contribution in [3.05, 3.63) is 78.0 Å². The van der Waals surface area contributed by atoms with Gasteiger partial charge in [-0.3, -0.25) is 4.98 Å². The van der Waals surface area contributed by atoms with Crippen LogP contribution in [-0.2, 0) is 6.42 Å². The van der Waals surface area contributed by atoms with E-state index < -0.39 is 11.6 Å². The highest BCUT2D eigenvalue weighted by molar-refractivity contribution is 6.21. The minimum atomic E-state index is -4.28. The monoisotopic (exact) mass is 417 g/mol. The molecular weight excluding hydrogens is 395 g/mol. The summed E-state index contributed by atoms with van der Waals surface area (Å²) >= 11 is 0. The zero-order valence-corrected chi connectivity index (χ0v) is 17.6. The number of halogens is 3. The maximum Gasteiger partial charge on any atom is 0.394 e. The molecule has 0 aliphatic heterocycles. The molecule has 1 nitrogen and oxygen atoms in total. The molecule has 31 heavy (non-hydrogen) atoms. The molecular formula is C27H22F3N. The molecule has 0 amide bonds. The zero-order valence-electron chi connectivity index (χ0n) is 17.6. The Labute approximate surface area is 178 Å². The first-order valence-electron chi connectivity index (χ1n) is 10.4. The van der Waals surface area contributed by atoms with Crippen molar-refractivity contribution in [2.24, 2.45) is 5.41 Å². The van der Waals surface area contributed by atoms with Crippen LogP contribution >= 0.6 is 0 Å². The van der Waals surface area contributed by atoms with Crippen LogP contribution in [0.15, 0.2) is 66.9 Å². The Morgan fingerprint density at radius 2 is 1.45 bits per heavy atom. The van der Waals surface area contributed by atoms with Crippen molar-refractivity contribution in [2.45, 2.75) is 33.4 Å². The van der Waals surface area contributed by atoms with E-state index in [-0.39, 0.29) is 6.42 Å². The number of fused-ring (bicyclic) bond motifs is 7. The van der Waals surface area contributed by atoms with Crippen LogP contribution in [0.1, 0.15) is 25.0 Å². The van der Waals surface area contributed by atoms with Crippen LogP contribution in [0.4, 0.5) is 13.2 Å². The number of hydrogen-bond donors (Lipinski definition) is 0. The molecule has 0 saturated carbocycles.